The van der Waals surface area contributed by atoms with E-state index in [1.165, 1.54) is 29.3 Å². The third-order valence-electron chi connectivity index (χ3n) is 4.81. The predicted molar refractivity (Wildman–Crippen MR) is 101 cm³/mol. The molecule has 0 unspecified atom stereocenters. The summed E-state index contributed by atoms with van der Waals surface area (Å²) in [4.78, 5) is 48.4. The minimum Gasteiger partial charge on any atom is -0.354 e. The molecule has 1 heterocycles. The van der Waals surface area contributed by atoms with Crippen molar-refractivity contribution in [2.24, 2.45) is 0 Å². The molecule has 1 aromatic carbocycles. The normalized spacial score (nSPS) is 15.0. The summed E-state index contributed by atoms with van der Waals surface area (Å²) < 4.78 is 0. The first-order chi connectivity index (χ1) is 12.4. The first-order valence-corrected chi connectivity index (χ1v) is 8.94. The lowest BCUT2D eigenvalue weighted by Gasteiger charge is -2.22. The Morgan fingerprint density at radius 1 is 1.04 bits per heavy atom. The van der Waals surface area contributed by atoms with E-state index >= 15 is 0 Å². The number of carbonyl (C=O) groups is 4. The fourth-order valence-electron chi connectivity index (χ4n) is 3.10. The second-order valence-corrected chi connectivity index (χ2v) is 7.98. The van der Waals surface area contributed by atoms with Crippen molar-refractivity contribution >= 4 is 23.8 Å². The summed E-state index contributed by atoms with van der Waals surface area (Å²) in [7, 11) is 1.22. The van der Waals surface area contributed by atoms with E-state index in [-0.39, 0.29) is 5.41 Å². The molecule has 1 saturated heterocycles. The van der Waals surface area contributed by atoms with E-state index in [2.05, 4.69) is 52.1 Å². The van der Waals surface area contributed by atoms with Crippen LogP contribution in [0.25, 0.3) is 0 Å². The lowest BCUT2D eigenvalue weighted by Crippen LogP contribution is -2.41. The number of benzene rings is 1. The number of nitrogens with one attached hydrogen (secondary N) is 1. The van der Waals surface area contributed by atoms with E-state index < -0.39 is 30.3 Å². The second kappa shape index (κ2) is 7.50. The molecular weight excluding hydrogens is 346 g/mol. The van der Waals surface area contributed by atoms with Crippen molar-refractivity contribution in [3.63, 3.8) is 0 Å². The Kier molecular flexibility index (Phi) is 5.73. The summed E-state index contributed by atoms with van der Waals surface area (Å²) in [5.74, 6) is -2.36. The summed E-state index contributed by atoms with van der Waals surface area (Å²) in [5.41, 5.74) is 4.86. The van der Waals surface area contributed by atoms with Crippen LogP contribution >= 0.6 is 0 Å². The Labute approximate surface area is 159 Å². The maximum absolute atomic E-state index is 12.1. The SMILES string of the molecule is Cc1cc(C(C)(C)C)cc(C)c1CCNC(=O)CN1C(=O)C(=O)N(C)C1=O. The number of amides is 5. The smallest absolute Gasteiger partial charge is 0.334 e. The average molecular weight is 373 g/mol. The number of carbonyl (C=O) groups excluding carboxylic acids is 4. The lowest BCUT2D eigenvalue weighted by molar-refractivity contribution is -0.143. The Hall–Kier alpha value is -2.70. The van der Waals surface area contributed by atoms with Crippen molar-refractivity contribution < 1.29 is 19.2 Å². The van der Waals surface area contributed by atoms with Gasteiger partial charge in [0, 0.05) is 13.6 Å². The molecule has 5 amide bonds. The zero-order valence-electron chi connectivity index (χ0n) is 16.8. The van der Waals surface area contributed by atoms with Gasteiger partial charge >= 0.3 is 17.8 Å². The third-order valence-corrected chi connectivity index (χ3v) is 4.81. The van der Waals surface area contributed by atoms with Crippen LogP contribution in [0.15, 0.2) is 12.1 Å². The van der Waals surface area contributed by atoms with Crippen LogP contribution in [0.5, 0.6) is 0 Å². The van der Waals surface area contributed by atoms with Gasteiger partial charge < -0.3 is 5.32 Å². The molecule has 27 heavy (non-hydrogen) atoms. The van der Waals surface area contributed by atoms with Crippen molar-refractivity contribution in [3.05, 3.63) is 34.4 Å². The molecule has 0 atom stereocenters. The number of likely N-dealkylation sites (N-methyl/N-ethyl adjacent to an activating group) is 1. The molecule has 7 nitrogen and oxygen atoms in total. The highest BCUT2D eigenvalue weighted by molar-refractivity contribution is 6.44. The van der Waals surface area contributed by atoms with Gasteiger partial charge in [-0.3, -0.25) is 19.3 Å². The van der Waals surface area contributed by atoms with E-state index in [0.29, 0.717) is 22.8 Å². The fourth-order valence-corrected chi connectivity index (χ4v) is 3.10. The maximum atomic E-state index is 12.1. The van der Waals surface area contributed by atoms with E-state index in [1.807, 2.05) is 0 Å². The van der Waals surface area contributed by atoms with Gasteiger partial charge in [-0.15, -0.1) is 0 Å². The Morgan fingerprint density at radius 2 is 1.59 bits per heavy atom. The van der Waals surface area contributed by atoms with Gasteiger partial charge in [-0.2, -0.15) is 0 Å². The van der Waals surface area contributed by atoms with Crippen molar-refractivity contribution in [1.29, 1.82) is 0 Å². The topological polar surface area (TPSA) is 86.8 Å². The van der Waals surface area contributed by atoms with Crippen LogP contribution in [0.3, 0.4) is 0 Å². The van der Waals surface area contributed by atoms with Gasteiger partial charge in [0.25, 0.3) is 0 Å². The summed E-state index contributed by atoms with van der Waals surface area (Å²) in [6.45, 7) is 10.6. The maximum Gasteiger partial charge on any atom is 0.334 e. The molecular formula is C20H27N3O4. The molecule has 0 aliphatic carbocycles. The van der Waals surface area contributed by atoms with E-state index in [4.69, 9.17) is 0 Å². The van der Waals surface area contributed by atoms with Gasteiger partial charge in [0.15, 0.2) is 0 Å². The third kappa shape index (κ3) is 4.35. The molecule has 7 heteroatoms. The molecule has 1 aromatic rings. The molecule has 1 fully saturated rings. The van der Waals surface area contributed by atoms with Crippen molar-refractivity contribution in [3.8, 4) is 0 Å². The minimum absolute atomic E-state index is 0.0711. The highest BCUT2D eigenvalue weighted by Gasteiger charge is 2.42. The van der Waals surface area contributed by atoms with E-state index in [9.17, 15) is 19.2 Å². The van der Waals surface area contributed by atoms with Gasteiger partial charge in [-0.1, -0.05) is 32.9 Å². The van der Waals surface area contributed by atoms with E-state index in [0.717, 1.165) is 0 Å². The Morgan fingerprint density at radius 3 is 2.04 bits per heavy atom. The summed E-state index contributed by atoms with van der Waals surface area (Å²) >= 11 is 0. The number of rotatable bonds is 5. The molecule has 0 saturated carbocycles. The zero-order chi connectivity index (χ0) is 20.5. The first kappa shape index (κ1) is 20.6. The van der Waals surface area contributed by atoms with Crippen LogP contribution in [0, 0.1) is 13.8 Å². The first-order valence-electron chi connectivity index (χ1n) is 8.94. The summed E-state index contributed by atoms with van der Waals surface area (Å²) in [5, 5.41) is 2.71. The number of aryl methyl sites for hydroxylation is 2. The fraction of sp³-hybridized carbons (Fsp3) is 0.500. The molecule has 1 N–H and O–H groups in total. The summed E-state index contributed by atoms with van der Waals surface area (Å²) in [6, 6.07) is 3.57. The van der Waals surface area contributed by atoms with Gasteiger partial charge in [-0.05, 0) is 47.9 Å². The number of nitrogens with zero attached hydrogens (tertiary/aromatic N) is 2. The van der Waals surface area contributed by atoms with Crippen LogP contribution < -0.4 is 5.32 Å². The van der Waals surface area contributed by atoms with Gasteiger partial charge in [0.05, 0.1) is 0 Å². The van der Waals surface area contributed by atoms with Crippen molar-refractivity contribution in [1.82, 2.24) is 15.1 Å². The van der Waals surface area contributed by atoms with E-state index in [1.54, 1.807) is 0 Å². The van der Waals surface area contributed by atoms with Crippen molar-refractivity contribution in [2.45, 2.75) is 46.5 Å². The lowest BCUT2D eigenvalue weighted by atomic mass is 9.83. The molecule has 0 spiro atoms. The number of urea groups is 1. The van der Waals surface area contributed by atoms with Crippen LogP contribution in [0.4, 0.5) is 4.79 Å². The minimum atomic E-state index is -0.970. The van der Waals surface area contributed by atoms with Crippen LogP contribution in [0.2, 0.25) is 0 Å². The van der Waals surface area contributed by atoms with Crippen molar-refractivity contribution in [2.75, 3.05) is 20.1 Å². The molecule has 146 valence electrons. The number of hydrogen-bond donors (Lipinski definition) is 1. The average Bonchev–Trinajstić information content (AvgIpc) is 2.74. The Balaban J connectivity index is 1.95. The Bertz CT molecular complexity index is 785. The molecule has 0 bridgehead atoms. The molecule has 0 aromatic heterocycles. The molecule has 1 aliphatic heterocycles. The van der Waals surface area contributed by atoms with Crippen LogP contribution in [0.1, 0.15) is 43.0 Å². The zero-order valence-corrected chi connectivity index (χ0v) is 16.8. The highest BCUT2D eigenvalue weighted by Crippen LogP contribution is 2.27. The highest BCUT2D eigenvalue weighted by atomic mass is 16.2. The monoisotopic (exact) mass is 373 g/mol. The molecule has 1 aliphatic rings. The molecule has 0 radical (unpaired) electrons. The number of imide groups is 2. The standard InChI is InChI=1S/C20H27N3O4/c1-12-9-14(20(3,4)5)10-13(2)15(12)7-8-21-16(24)11-23-18(26)17(25)22(6)19(23)27/h9-10H,7-8,11H2,1-6H3,(H,21,24). The molecule has 2 rings (SSSR count). The van der Waals surface area contributed by atoms with Crippen LogP contribution in [-0.2, 0) is 26.2 Å². The van der Waals surface area contributed by atoms with Gasteiger partial charge in [0.2, 0.25) is 5.91 Å². The van der Waals surface area contributed by atoms with Gasteiger partial charge in [-0.25, -0.2) is 9.69 Å². The summed E-state index contributed by atoms with van der Waals surface area (Å²) in [6.07, 6.45) is 0.647. The largest absolute Gasteiger partial charge is 0.354 e. The van der Waals surface area contributed by atoms with Gasteiger partial charge in [0.1, 0.15) is 6.54 Å². The second-order valence-electron chi connectivity index (χ2n) is 7.98. The number of hydrogen-bond acceptors (Lipinski definition) is 4. The predicted octanol–water partition coefficient (Wildman–Crippen LogP) is 1.68. The van der Waals surface area contributed by atoms with Crippen LogP contribution in [-0.4, -0.2) is 53.7 Å². The quantitative estimate of drug-likeness (QED) is 0.628.